The van der Waals surface area contributed by atoms with Crippen molar-refractivity contribution in [3.8, 4) is 0 Å². The number of pyridine rings is 1. The number of hydrogen-bond acceptors (Lipinski definition) is 5. The van der Waals surface area contributed by atoms with E-state index in [1.807, 2.05) is 22.6 Å². The SMILES string of the molecule is Cc1ccc2ncc(Cn3cc(CN4CCSCC4)nn3)cc2c1. The van der Waals surface area contributed by atoms with Gasteiger partial charge in [-0.3, -0.25) is 9.88 Å². The van der Waals surface area contributed by atoms with Crippen LogP contribution in [0.5, 0.6) is 0 Å². The summed E-state index contributed by atoms with van der Waals surface area (Å²) in [7, 11) is 0. The minimum atomic E-state index is 0.708. The van der Waals surface area contributed by atoms with Gasteiger partial charge in [-0.25, -0.2) is 4.68 Å². The lowest BCUT2D eigenvalue weighted by Crippen LogP contribution is -2.32. The van der Waals surface area contributed by atoms with E-state index in [0.29, 0.717) is 6.54 Å². The molecule has 0 atom stereocenters. The molecular weight excluding hydrogens is 318 g/mol. The molecule has 1 saturated heterocycles. The second kappa shape index (κ2) is 6.91. The van der Waals surface area contributed by atoms with Gasteiger partial charge in [-0.2, -0.15) is 11.8 Å². The highest BCUT2D eigenvalue weighted by Gasteiger charge is 2.12. The monoisotopic (exact) mass is 339 g/mol. The van der Waals surface area contributed by atoms with E-state index >= 15 is 0 Å². The molecule has 0 N–H and O–H groups in total. The summed E-state index contributed by atoms with van der Waals surface area (Å²) >= 11 is 2.03. The molecule has 0 spiro atoms. The van der Waals surface area contributed by atoms with Gasteiger partial charge in [0.2, 0.25) is 0 Å². The average Bonchev–Trinajstić information content (AvgIpc) is 3.02. The first kappa shape index (κ1) is 15.6. The number of hydrogen-bond donors (Lipinski definition) is 0. The van der Waals surface area contributed by atoms with Gasteiger partial charge in [-0.15, -0.1) is 5.10 Å². The Balaban J connectivity index is 1.47. The molecular formula is C18H21N5S. The maximum atomic E-state index is 4.55. The summed E-state index contributed by atoms with van der Waals surface area (Å²) in [5.41, 5.74) is 4.49. The lowest BCUT2D eigenvalue weighted by atomic mass is 10.1. The van der Waals surface area contributed by atoms with Crippen LogP contribution in [-0.2, 0) is 13.1 Å². The van der Waals surface area contributed by atoms with Gasteiger partial charge in [-0.1, -0.05) is 16.8 Å². The largest absolute Gasteiger partial charge is 0.296 e. The Kier molecular flexibility index (Phi) is 4.49. The van der Waals surface area contributed by atoms with Crippen LogP contribution in [-0.4, -0.2) is 49.5 Å². The Morgan fingerprint density at radius 3 is 2.88 bits per heavy atom. The highest BCUT2D eigenvalue weighted by Crippen LogP contribution is 2.16. The molecule has 1 fully saturated rings. The first-order valence-corrected chi connectivity index (χ1v) is 9.46. The maximum absolute atomic E-state index is 4.55. The van der Waals surface area contributed by atoms with E-state index in [-0.39, 0.29) is 0 Å². The van der Waals surface area contributed by atoms with E-state index in [1.165, 1.54) is 22.5 Å². The fraction of sp³-hybridized carbons (Fsp3) is 0.389. The van der Waals surface area contributed by atoms with Crippen molar-refractivity contribution in [3.63, 3.8) is 0 Å². The molecule has 24 heavy (non-hydrogen) atoms. The molecule has 0 radical (unpaired) electrons. The van der Waals surface area contributed by atoms with Crippen LogP contribution in [0.25, 0.3) is 10.9 Å². The second-order valence-electron chi connectivity index (χ2n) is 6.34. The third-order valence-corrected chi connectivity index (χ3v) is 5.26. The van der Waals surface area contributed by atoms with Gasteiger partial charge in [0, 0.05) is 42.7 Å². The van der Waals surface area contributed by atoms with E-state index in [9.17, 15) is 0 Å². The van der Waals surface area contributed by atoms with Crippen molar-refractivity contribution in [2.24, 2.45) is 0 Å². The van der Waals surface area contributed by atoms with E-state index in [0.717, 1.165) is 36.4 Å². The molecule has 124 valence electrons. The molecule has 2 aromatic heterocycles. The smallest absolute Gasteiger partial charge is 0.0967 e. The molecule has 0 saturated carbocycles. The van der Waals surface area contributed by atoms with Gasteiger partial charge in [0.1, 0.15) is 0 Å². The molecule has 4 rings (SSSR count). The van der Waals surface area contributed by atoms with E-state index < -0.39 is 0 Å². The van der Waals surface area contributed by atoms with Crippen molar-refractivity contribution in [1.82, 2.24) is 24.9 Å². The fourth-order valence-corrected chi connectivity index (χ4v) is 4.03. The lowest BCUT2D eigenvalue weighted by Gasteiger charge is -2.24. The first-order chi connectivity index (χ1) is 11.8. The van der Waals surface area contributed by atoms with E-state index in [2.05, 4.69) is 57.6 Å². The predicted octanol–water partition coefficient (Wildman–Crippen LogP) is 2.73. The minimum absolute atomic E-state index is 0.708. The number of rotatable bonds is 4. The Bertz CT molecular complexity index is 838. The van der Waals surface area contributed by atoms with Crippen molar-refractivity contribution >= 4 is 22.7 Å². The highest BCUT2D eigenvalue weighted by molar-refractivity contribution is 7.99. The molecule has 0 aliphatic carbocycles. The van der Waals surface area contributed by atoms with Gasteiger partial charge in [0.05, 0.1) is 24.0 Å². The van der Waals surface area contributed by atoms with Crippen LogP contribution in [0.3, 0.4) is 0 Å². The summed E-state index contributed by atoms with van der Waals surface area (Å²) in [4.78, 5) is 7.00. The quantitative estimate of drug-likeness (QED) is 0.731. The van der Waals surface area contributed by atoms with Gasteiger partial charge in [0.15, 0.2) is 0 Å². The van der Waals surface area contributed by atoms with Crippen LogP contribution < -0.4 is 0 Å². The topological polar surface area (TPSA) is 46.8 Å². The molecule has 1 aliphatic heterocycles. The second-order valence-corrected chi connectivity index (χ2v) is 7.56. The van der Waals surface area contributed by atoms with Crippen LogP contribution in [0, 0.1) is 6.92 Å². The third kappa shape index (κ3) is 3.60. The van der Waals surface area contributed by atoms with Gasteiger partial charge in [0.25, 0.3) is 0 Å². The van der Waals surface area contributed by atoms with Gasteiger partial charge >= 0.3 is 0 Å². The van der Waals surface area contributed by atoms with Gasteiger partial charge in [-0.05, 0) is 30.7 Å². The molecule has 6 heteroatoms. The number of benzene rings is 1. The Labute approximate surface area is 146 Å². The number of fused-ring (bicyclic) bond motifs is 1. The zero-order valence-electron chi connectivity index (χ0n) is 13.9. The summed E-state index contributed by atoms with van der Waals surface area (Å²) in [5.74, 6) is 2.44. The third-order valence-electron chi connectivity index (χ3n) is 4.31. The average molecular weight is 339 g/mol. The summed E-state index contributed by atoms with van der Waals surface area (Å²) in [5, 5.41) is 9.79. The molecule has 0 amide bonds. The Morgan fingerprint density at radius 1 is 1.12 bits per heavy atom. The zero-order chi connectivity index (χ0) is 16.4. The van der Waals surface area contributed by atoms with Crippen molar-refractivity contribution in [1.29, 1.82) is 0 Å². The van der Waals surface area contributed by atoms with Crippen LogP contribution in [0.2, 0.25) is 0 Å². The Morgan fingerprint density at radius 2 is 2.00 bits per heavy atom. The summed E-state index contributed by atoms with van der Waals surface area (Å²) in [6, 6.07) is 8.53. The molecule has 0 bridgehead atoms. The molecule has 5 nitrogen and oxygen atoms in total. The lowest BCUT2D eigenvalue weighted by molar-refractivity contribution is 0.291. The van der Waals surface area contributed by atoms with E-state index in [4.69, 9.17) is 0 Å². The minimum Gasteiger partial charge on any atom is -0.296 e. The molecule has 1 aliphatic rings. The highest BCUT2D eigenvalue weighted by atomic mass is 32.2. The van der Waals surface area contributed by atoms with Crippen LogP contribution >= 0.6 is 11.8 Å². The first-order valence-electron chi connectivity index (χ1n) is 8.31. The number of nitrogens with zero attached hydrogens (tertiary/aromatic N) is 5. The number of aromatic nitrogens is 4. The Hall–Kier alpha value is -1.92. The summed E-state index contributed by atoms with van der Waals surface area (Å²) in [6.45, 7) is 6.00. The van der Waals surface area contributed by atoms with E-state index in [1.54, 1.807) is 0 Å². The van der Waals surface area contributed by atoms with Gasteiger partial charge < -0.3 is 0 Å². The number of thioether (sulfide) groups is 1. The van der Waals surface area contributed by atoms with Crippen molar-refractivity contribution in [3.05, 3.63) is 53.5 Å². The van der Waals surface area contributed by atoms with Crippen LogP contribution in [0.1, 0.15) is 16.8 Å². The summed E-state index contributed by atoms with van der Waals surface area (Å²) in [6.07, 6.45) is 3.99. The van der Waals surface area contributed by atoms with Crippen molar-refractivity contribution in [2.45, 2.75) is 20.0 Å². The maximum Gasteiger partial charge on any atom is 0.0967 e. The predicted molar refractivity (Wildman–Crippen MR) is 98.2 cm³/mol. The normalized spacial score (nSPS) is 15.9. The number of aryl methyl sites for hydroxylation is 1. The van der Waals surface area contributed by atoms with Crippen LogP contribution in [0.4, 0.5) is 0 Å². The summed E-state index contributed by atoms with van der Waals surface area (Å²) < 4.78 is 1.91. The molecule has 1 aromatic carbocycles. The van der Waals surface area contributed by atoms with Crippen molar-refractivity contribution in [2.75, 3.05) is 24.6 Å². The molecule has 3 heterocycles. The zero-order valence-corrected chi connectivity index (χ0v) is 14.7. The molecule has 3 aromatic rings. The van der Waals surface area contributed by atoms with Crippen molar-refractivity contribution < 1.29 is 0 Å². The standard InChI is InChI=1S/C18H21N5S/c1-14-2-3-18-16(8-14)9-15(10-19-18)11-23-13-17(20-21-23)12-22-4-6-24-7-5-22/h2-3,8-10,13H,4-7,11-12H2,1H3. The molecule has 0 unspecified atom stereocenters. The van der Waals surface area contributed by atoms with Crippen LogP contribution in [0.15, 0.2) is 36.7 Å². The fourth-order valence-electron chi connectivity index (χ4n) is 3.05.